The molecule has 0 saturated carbocycles. The monoisotopic (exact) mass is 468 g/mol. The molecular formula is C25H25ClN2O5. The van der Waals surface area contributed by atoms with Gasteiger partial charge < -0.3 is 23.7 Å². The van der Waals surface area contributed by atoms with Crippen LogP contribution in [0, 0.1) is 0 Å². The third kappa shape index (κ3) is 5.68. The molecular weight excluding hydrogens is 444 g/mol. The molecule has 0 N–H and O–H groups in total. The third-order valence-electron chi connectivity index (χ3n) is 5.29. The standard InChI is InChI=1S/C25H25ClN2O5/c1-2-11-27(25(30)19-6-8-20(26)9-7-19)16-24(29)28(15-21-4-3-12-31-21)14-18-5-10-22-23(13-18)33-17-32-22/h3-10,12-13H,2,11,14-17H2,1H3. The molecule has 2 heterocycles. The molecule has 0 unspecified atom stereocenters. The van der Waals surface area contributed by atoms with Crippen molar-refractivity contribution in [3.05, 3.63) is 82.8 Å². The first kappa shape index (κ1) is 22.7. The van der Waals surface area contributed by atoms with Crippen LogP contribution in [-0.4, -0.2) is 41.5 Å². The number of amides is 2. The predicted molar refractivity (Wildman–Crippen MR) is 123 cm³/mol. The highest BCUT2D eigenvalue weighted by atomic mass is 35.5. The summed E-state index contributed by atoms with van der Waals surface area (Å²) in [5.74, 6) is 1.62. The first-order valence-corrected chi connectivity index (χ1v) is 11.1. The van der Waals surface area contributed by atoms with E-state index in [4.69, 9.17) is 25.5 Å². The molecule has 3 aromatic rings. The van der Waals surface area contributed by atoms with Gasteiger partial charge in [0, 0.05) is 23.7 Å². The van der Waals surface area contributed by atoms with Gasteiger partial charge in [-0.15, -0.1) is 0 Å². The van der Waals surface area contributed by atoms with Gasteiger partial charge in [0.15, 0.2) is 11.5 Å². The Labute approximate surface area is 197 Å². The molecule has 0 radical (unpaired) electrons. The Morgan fingerprint density at radius 1 is 0.970 bits per heavy atom. The van der Waals surface area contributed by atoms with Gasteiger partial charge in [-0.25, -0.2) is 0 Å². The second-order valence-corrected chi connectivity index (χ2v) is 8.19. The molecule has 0 fully saturated rings. The van der Waals surface area contributed by atoms with Gasteiger partial charge in [-0.1, -0.05) is 24.6 Å². The molecule has 0 spiro atoms. The van der Waals surface area contributed by atoms with Crippen molar-refractivity contribution in [3.8, 4) is 11.5 Å². The van der Waals surface area contributed by atoms with Gasteiger partial charge in [-0.2, -0.15) is 0 Å². The largest absolute Gasteiger partial charge is 0.467 e. The number of hydrogen-bond donors (Lipinski definition) is 0. The van der Waals surface area contributed by atoms with Crippen LogP contribution < -0.4 is 9.47 Å². The molecule has 7 nitrogen and oxygen atoms in total. The number of fused-ring (bicyclic) bond motifs is 1. The summed E-state index contributed by atoms with van der Waals surface area (Å²) in [6, 6.07) is 15.9. The van der Waals surface area contributed by atoms with Crippen molar-refractivity contribution in [1.82, 2.24) is 9.80 Å². The van der Waals surface area contributed by atoms with E-state index in [1.807, 2.05) is 31.2 Å². The number of benzene rings is 2. The Bertz CT molecular complexity index is 1100. The van der Waals surface area contributed by atoms with E-state index < -0.39 is 0 Å². The minimum Gasteiger partial charge on any atom is -0.467 e. The number of carbonyl (C=O) groups is 2. The minimum atomic E-state index is -0.206. The van der Waals surface area contributed by atoms with E-state index in [1.54, 1.807) is 46.4 Å². The van der Waals surface area contributed by atoms with Crippen LogP contribution in [0.4, 0.5) is 0 Å². The highest BCUT2D eigenvalue weighted by Gasteiger charge is 2.24. The molecule has 2 aromatic carbocycles. The Balaban J connectivity index is 1.52. The first-order chi connectivity index (χ1) is 16.0. The number of halogens is 1. The predicted octanol–water partition coefficient (Wildman–Crippen LogP) is 4.74. The number of nitrogens with zero attached hydrogens (tertiary/aromatic N) is 2. The lowest BCUT2D eigenvalue weighted by Crippen LogP contribution is -2.42. The average molecular weight is 469 g/mol. The summed E-state index contributed by atoms with van der Waals surface area (Å²) in [6.07, 6.45) is 2.30. The zero-order valence-electron chi connectivity index (χ0n) is 18.3. The van der Waals surface area contributed by atoms with Crippen LogP contribution in [0.2, 0.25) is 5.02 Å². The van der Waals surface area contributed by atoms with E-state index in [9.17, 15) is 9.59 Å². The maximum Gasteiger partial charge on any atom is 0.254 e. The number of carbonyl (C=O) groups excluding carboxylic acids is 2. The molecule has 0 saturated heterocycles. The lowest BCUT2D eigenvalue weighted by Gasteiger charge is -2.27. The number of ether oxygens (including phenoxy) is 2. The van der Waals surface area contributed by atoms with Crippen molar-refractivity contribution >= 4 is 23.4 Å². The van der Waals surface area contributed by atoms with Gasteiger partial charge in [0.25, 0.3) is 5.91 Å². The molecule has 8 heteroatoms. The van der Waals surface area contributed by atoms with Gasteiger partial charge in [-0.05, 0) is 60.5 Å². The minimum absolute atomic E-state index is 0.0411. The van der Waals surface area contributed by atoms with E-state index in [0.29, 0.717) is 40.9 Å². The summed E-state index contributed by atoms with van der Waals surface area (Å²) in [5.41, 5.74) is 1.39. The highest BCUT2D eigenvalue weighted by Crippen LogP contribution is 2.33. The number of hydrogen-bond acceptors (Lipinski definition) is 5. The summed E-state index contributed by atoms with van der Waals surface area (Å²) in [6.45, 7) is 3.21. The van der Waals surface area contributed by atoms with Crippen LogP contribution in [0.1, 0.15) is 35.0 Å². The molecule has 1 aromatic heterocycles. The van der Waals surface area contributed by atoms with E-state index in [2.05, 4.69) is 0 Å². The zero-order chi connectivity index (χ0) is 23.2. The van der Waals surface area contributed by atoms with Crippen LogP contribution in [0.25, 0.3) is 0 Å². The molecule has 33 heavy (non-hydrogen) atoms. The molecule has 2 amide bonds. The van der Waals surface area contributed by atoms with Gasteiger partial charge in [-0.3, -0.25) is 9.59 Å². The maximum absolute atomic E-state index is 13.4. The quantitative estimate of drug-likeness (QED) is 0.453. The van der Waals surface area contributed by atoms with E-state index in [-0.39, 0.29) is 31.7 Å². The van der Waals surface area contributed by atoms with Gasteiger partial charge in [0.2, 0.25) is 12.7 Å². The Kier molecular flexibility index (Phi) is 7.19. The maximum atomic E-state index is 13.4. The van der Waals surface area contributed by atoms with E-state index in [0.717, 1.165) is 12.0 Å². The molecule has 0 bridgehead atoms. The molecule has 0 aliphatic carbocycles. The van der Waals surface area contributed by atoms with Gasteiger partial charge in [0.1, 0.15) is 12.3 Å². The highest BCUT2D eigenvalue weighted by molar-refractivity contribution is 6.30. The Hall–Kier alpha value is -3.45. The Morgan fingerprint density at radius 2 is 1.76 bits per heavy atom. The van der Waals surface area contributed by atoms with Gasteiger partial charge >= 0.3 is 0 Å². The number of furan rings is 1. The second kappa shape index (κ2) is 10.4. The fourth-order valence-corrected chi connectivity index (χ4v) is 3.77. The smallest absolute Gasteiger partial charge is 0.254 e. The van der Waals surface area contributed by atoms with Crippen molar-refractivity contribution < 1.29 is 23.5 Å². The van der Waals surface area contributed by atoms with E-state index >= 15 is 0 Å². The third-order valence-corrected chi connectivity index (χ3v) is 5.54. The van der Waals surface area contributed by atoms with Crippen LogP contribution in [-0.2, 0) is 17.9 Å². The second-order valence-electron chi connectivity index (χ2n) is 7.75. The molecule has 1 aliphatic heterocycles. The average Bonchev–Trinajstić information content (AvgIpc) is 3.50. The number of rotatable bonds is 9. The first-order valence-electron chi connectivity index (χ1n) is 10.8. The van der Waals surface area contributed by atoms with E-state index in [1.165, 1.54) is 0 Å². The topological polar surface area (TPSA) is 72.2 Å². The zero-order valence-corrected chi connectivity index (χ0v) is 19.1. The molecule has 4 rings (SSSR count). The molecule has 172 valence electrons. The Morgan fingerprint density at radius 3 is 2.48 bits per heavy atom. The van der Waals surface area contributed by atoms with Gasteiger partial charge in [0.05, 0.1) is 12.8 Å². The summed E-state index contributed by atoms with van der Waals surface area (Å²) >= 11 is 5.95. The summed E-state index contributed by atoms with van der Waals surface area (Å²) < 4.78 is 16.3. The van der Waals surface area contributed by atoms with Crippen LogP contribution in [0.15, 0.2) is 65.3 Å². The van der Waals surface area contributed by atoms with Crippen molar-refractivity contribution in [2.75, 3.05) is 19.9 Å². The SMILES string of the molecule is CCCN(CC(=O)N(Cc1ccc2c(c1)OCO2)Cc1ccco1)C(=O)c1ccc(Cl)cc1. The van der Waals surface area contributed by atoms with Crippen molar-refractivity contribution in [1.29, 1.82) is 0 Å². The lowest BCUT2D eigenvalue weighted by atomic mass is 10.1. The molecule has 1 aliphatic rings. The van der Waals surface area contributed by atoms with Crippen molar-refractivity contribution in [2.24, 2.45) is 0 Å². The van der Waals surface area contributed by atoms with Crippen molar-refractivity contribution in [3.63, 3.8) is 0 Å². The normalized spacial score (nSPS) is 11.9. The summed E-state index contributed by atoms with van der Waals surface area (Å²) in [7, 11) is 0. The fourth-order valence-electron chi connectivity index (χ4n) is 3.64. The fraction of sp³-hybridized carbons (Fsp3) is 0.280. The summed E-state index contributed by atoms with van der Waals surface area (Å²) in [4.78, 5) is 29.7. The van der Waals surface area contributed by atoms with Crippen LogP contribution >= 0.6 is 11.6 Å². The lowest BCUT2D eigenvalue weighted by molar-refractivity contribution is -0.133. The van der Waals surface area contributed by atoms with Crippen LogP contribution in [0.3, 0.4) is 0 Å². The van der Waals surface area contributed by atoms with Crippen LogP contribution in [0.5, 0.6) is 11.5 Å². The summed E-state index contributed by atoms with van der Waals surface area (Å²) in [5, 5.41) is 0.554. The molecule has 0 atom stereocenters. The van der Waals surface area contributed by atoms with Crippen molar-refractivity contribution in [2.45, 2.75) is 26.4 Å².